The molecule has 1 heteroatoms. The molecule has 0 saturated heterocycles. The topological polar surface area (TPSA) is 0 Å². The van der Waals surface area contributed by atoms with Crippen molar-refractivity contribution in [2.24, 2.45) is 0 Å². The van der Waals surface area contributed by atoms with E-state index in [0.29, 0.717) is 0 Å². The first-order valence-corrected chi connectivity index (χ1v) is 4.67. The van der Waals surface area contributed by atoms with Crippen LogP contribution in [-0.2, 0) is 0 Å². The monoisotopic (exact) mass is 268 g/mol. The van der Waals surface area contributed by atoms with Crippen LogP contribution in [0.5, 0.6) is 0 Å². The summed E-state index contributed by atoms with van der Waals surface area (Å²) in [7, 11) is 0. The van der Waals surface area contributed by atoms with E-state index in [1.807, 2.05) is 36.4 Å². The fraction of sp³-hybridized carbons (Fsp3) is 0. The fourth-order valence-electron chi connectivity index (χ4n) is 1.45. The number of hydrogen-bond acceptors (Lipinski definition) is 0. The van der Waals surface area contributed by atoms with Gasteiger partial charge < -0.3 is 0 Å². The van der Waals surface area contributed by atoms with Crippen molar-refractivity contribution in [1.29, 1.82) is 0 Å². The van der Waals surface area contributed by atoms with E-state index in [4.69, 9.17) is 0 Å². The SMILES string of the molecule is C=C(c1ccccc1)c1ccccc1.[Sr]. The molecular weight excluding hydrogens is 256 g/mol. The van der Waals surface area contributed by atoms with Crippen LogP contribution in [0.3, 0.4) is 0 Å². The Kier molecular flexibility index (Phi) is 5.34. The average Bonchev–Trinajstić information content (AvgIpc) is 2.30. The first kappa shape index (κ1) is 12.7. The molecule has 0 fully saturated rings. The Morgan fingerprint density at radius 1 is 0.667 bits per heavy atom. The summed E-state index contributed by atoms with van der Waals surface area (Å²) in [5.74, 6) is 0. The van der Waals surface area contributed by atoms with E-state index >= 15 is 0 Å². The van der Waals surface area contributed by atoms with Crippen molar-refractivity contribution in [3.8, 4) is 0 Å². The molecule has 15 heavy (non-hydrogen) atoms. The second kappa shape index (κ2) is 6.29. The summed E-state index contributed by atoms with van der Waals surface area (Å²) in [6, 6.07) is 20.5. The molecule has 0 bridgehead atoms. The maximum absolute atomic E-state index is 4.10. The van der Waals surface area contributed by atoms with Gasteiger partial charge in [-0.3, -0.25) is 0 Å². The average molecular weight is 268 g/mol. The molecule has 0 aliphatic heterocycles. The summed E-state index contributed by atoms with van der Waals surface area (Å²) in [5, 5.41) is 0. The summed E-state index contributed by atoms with van der Waals surface area (Å²) in [4.78, 5) is 0. The predicted octanol–water partition coefficient (Wildman–Crippen LogP) is 3.37. The van der Waals surface area contributed by atoms with Crippen LogP contribution in [0.15, 0.2) is 67.2 Å². The molecule has 0 N–H and O–H groups in total. The molecule has 2 radical (unpaired) electrons. The maximum Gasteiger partial charge on any atom is 0 e. The Morgan fingerprint density at radius 2 is 1.00 bits per heavy atom. The number of benzene rings is 2. The van der Waals surface area contributed by atoms with Crippen LogP contribution >= 0.6 is 0 Å². The van der Waals surface area contributed by atoms with Crippen LogP contribution in [-0.4, -0.2) is 45.5 Å². The van der Waals surface area contributed by atoms with Crippen molar-refractivity contribution in [1.82, 2.24) is 0 Å². The smallest absolute Gasteiger partial charge is 0 e. The van der Waals surface area contributed by atoms with Gasteiger partial charge in [-0.1, -0.05) is 67.2 Å². The first-order valence-electron chi connectivity index (χ1n) is 4.67. The van der Waals surface area contributed by atoms with Crippen molar-refractivity contribution >= 4 is 51.1 Å². The van der Waals surface area contributed by atoms with Crippen molar-refractivity contribution in [2.75, 3.05) is 0 Å². The van der Waals surface area contributed by atoms with Crippen LogP contribution < -0.4 is 0 Å². The maximum atomic E-state index is 4.10. The number of rotatable bonds is 2. The van der Waals surface area contributed by atoms with Gasteiger partial charge in [-0.15, -0.1) is 0 Å². The van der Waals surface area contributed by atoms with Gasteiger partial charge in [-0.2, -0.15) is 0 Å². The minimum Gasteiger partial charge on any atom is -0.0906 e. The molecule has 2 aromatic carbocycles. The van der Waals surface area contributed by atoms with Crippen LogP contribution in [0.4, 0.5) is 0 Å². The quantitative estimate of drug-likeness (QED) is 0.732. The van der Waals surface area contributed by atoms with E-state index < -0.39 is 0 Å². The molecule has 70 valence electrons. The molecule has 2 rings (SSSR count). The van der Waals surface area contributed by atoms with Crippen LogP contribution in [0.25, 0.3) is 5.57 Å². The molecule has 0 unspecified atom stereocenters. The second-order valence-electron chi connectivity index (χ2n) is 3.21. The van der Waals surface area contributed by atoms with E-state index in [2.05, 4.69) is 30.8 Å². The summed E-state index contributed by atoms with van der Waals surface area (Å²) in [6.07, 6.45) is 0. The van der Waals surface area contributed by atoms with Gasteiger partial charge >= 0.3 is 0 Å². The van der Waals surface area contributed by atoms with Crippen molar-refractivity contribution in [3.05, 3.63) is 78.4 Å². The molecule has 2 aromatic rings. The third-order valence-corrected chi connectivity index (χ3v) is 2.24. The summed E-state index contributed by atoms with van der Waals surface area (Å²) in [6.45, 7) is 4.10. The third kappa shape index (κ3) is 3.32. The van der Waals surface area contributed by atoms with E-state index in [1.165, 1.54) is 11.1 Å². The van der Waals surface area contributed by atoms with Gasteiger partial charge in [-0.05, 0) is 16.7 Å². The zero-order valence-electron chi connectivity index (χ0n) is 8.69. The van der Waals surface area contributed by atoms with Gasteiger partial charge in [0.15, 0.2) is 0 Å². The van der Waals surface area contributed by atoms with Crippen LogP contribution in [0.1, 0.15) is 11.1 Å². The van der Waals surface area contributed by atoms with Gasteiger partial charge in [0.25, 0.3) is 0 Å². The van der Waals surface area contributed by atoms with E-state index in [-0.39, 0.29) is 45.5 Å². The van der Waals surface area contributed by atoms with Crippen LogP contribution in [0.2, 0.25) is 0 Å². The summed E-state index contributed by atoms with van der Waals surface area (Å²) >= 11 is 0. The molecule has 0 aromatic heterocycles. The van der Waals surface area contributed by atoms with Gasteiger partial charge in [-0.25, -0.2) is 0 Å². The molecule has 0 heterocycles. The molecule has 0 saturated carbocycles. The Bertz CT molecular complexity index is 376. The van der Waals surface area contributed by atoms with Crippen molar-refractivity contribution < 1.29 is 0 Å². The molecular formula is C14H12Sr. The Balaban J connectivity index is 0.00000112. The molecule has 0 nitrogen and oxygen atoms in total. The number of hydrogen-bond donors (Lipinski definition) is 0. The zero-order chi connectivity index (χ0) is 9.80. The standard InChI is InChI=1S/C14H12.Sr/c1-12(13-8-4-2-5-9-13)14-10-6-3-7-11-14;/h2-11H,1H2;. The van der Waals surface area contributed by atoms with Crippen molar-refractivity contribution in [3.63, 3.8) is 0 Å². The molecule has 0 amide bonds. The van der Waals surface area contributed by atoms with Gasteiger partial charge in [0.2, 0.25) is 0 Å². The summed E-state index contributed by atoms with van der Waals surface area (Å²) in [5.41, 5.74) is 3.43. The van der Waals surface area contributed by atoms with Gasteiger partial charge in [0, 0.05) is 45.5 Å². The van der Waals surface area contributed by atoms with E-state index in [9.17, 15) is 0 Å². The molecule has 0 spiro atoms. The first-order chi connectivity index (χ1) is 6.88. The normalized spacial score (nSPS) is 9.07. The zero-order valence-corrected chi connectivity index (χ0v) is 12.2. The van der Waals surface area contributed by atoms with Gasteiger partial charge in [0.1, 0.15) is 0 Å². The predicted molar refractivity (Wildman–Crippen MR) is 66.8 cm³/mol. The third-order valence-electron chi connectivity index (χ3n) is 2.24. The fourth-order valence-corrected chi connectivity index (χ4v) is 1.45. The van der Waals surface area contributed by atoms with E-state index in [1.54, 1.807) is 0 Å². The van der Waals surface area contributed by atoms with E-state index in [0.717, 1.165) is 5.57 Å². The summed E-state index contributed by atoms with van der Waals surface area (Å²) < 4.78 is 0. The van der Waals surface area contributed by atoms with Crippen molar-refractivity contribution in [2.45, 2.75) is 0 Å². The second-order valence-corrected chi connectivity index (χ2v) is 3.21. The molecule has 0 aliphatic carbocycles. The Labute approximate surface area is 128 Å². The molecule has 0 aliphatic rings. The minimum absolute atomic E-state index is 0. The van der Waals surface area contributed by atoms with Gasteiger partial charge in [0.05, 0.1) is 0 Å². The molecule has 0 atom stereocenters. The minimum atomic E-state index is 0. The Morgan fingerprint density at radius 3 is 1.33 bits per heavy atom. The largest absolute Gasteiger partial charge is 0.0906 e. The van der Waals surface area contributed by atoms with Crippen LogP contribution in [0, 0.1) is 0 Å². The Hall–Kier alpha value is -0.339.